The molecule has 1 aliphatic rings. The zero-order valence-electron chi connectivity index (χ0n) is 19.4. The molecule has 35 heavy (non-hydrogen) atoms. The van der Waals surface area contributed by atoms with Gasteiger partial charge in [-0.2, -0.15) is 0 Å². The summed E-state index contributed by atoms with van der Waals surface area (Å²) < 4.78 is 0. The van der Waals surface area contributed by atoms with Crippen molar-refractivity contribution in [1.29, 1.82) is 0 Å². The molecule has 0 radical (unpaired) electrons. The summed E-state index contributed by atoms with van der Waals surface area (Å²) in [6, 6.07) is 24.3. The predicted octanol–water partition coefficient (Wildman–Crippen LogP) is 3.85. The van der Waals surface area contributed by atoms with Gasteiger partial charge in [0.05, 0.1) is 11.2 Å². The minimum Gasteiger partial charge on any atom is -0.339 e. The zero-order chi connectivity index (χ0) is 24.5. The summed E-state index contributed by atoms with van der Waals surface area (Å²) in [6.45, 7) is 1.58. The summed E-state index contributed by atoms with van der Waals surface area (Å²) in [4.78, 5) is 45.3. The standard InChI is InChI=1S/C28H24N4O3/c1-17(29-27(34)23-16-15-18-9-3-7-13-22(18)30-23)26(33)31-25-21-12-5-4-10-19(21)20-11-6-8-14-24(20)32(2)28(25)35/h3-17,25H,1-2H3,(H,29,34)(H,31,33)/t17-,25?/m0/s1. The molecule has 0 bridgehead atoms. The number of benzene rings is 3. The Morgan fingerprint density at radius 2 is 1.57 bits per heavy atom. The maximum Gasteiger partial charge on any atom is 0.270 e. The lowest BCUT2D eigenvalue weighted by molar-refractivity contribution is -0.128. The van der Waals surface area contributed by atoms with Gasteiger partial charge in [0.15, 0.2) is 0 Å². The van der Waals surface area contributed by atoms with E-state index in [1.54, 1.807) is 24.9 Å². The zero-order valence-corrected chi connectivity index (χ0v) is 19.4. The highest BCUT2D eigenvalue weighted by Gasteiger charge is 2.34. The van der Waals surface area contributed by atoms with Gasteiger partial charge in [0.25, 0.3) is 11.8 Å². The Hall–Kier alpha value is -4.52. The SMILES string of the molecule is C[C@H](NC(=O)c1ccc2ccccc2n1)C(=O)NC1C(=O)N(C)c2ccccc2-c2ccccc21. The maximum absolute atomic E-state index is 13.4. The minimum absolute atomic E-state index is 0.217. The van der Waals surface area contributed by atoms with Gasteiger partial charge in [-0.15, -0.1) is 0 Å². The Morgan fingerprint density at radius 3 is 2.40 bits per heavy atom. The molecular weight excluding hydrogens is 440 g/mol. The molecular formula is C28H24N4O3. The summed E-state index contributed by atoms with van der Waals surface area (Å²) >= 11 is 0. The first kappa shape index (κ1) is 22.3. The molecule has 1 aliphatic heterocycles. The second kappa shape index (κ2) is 9.02. The van der Waals surface area contributed by atoms with E-state index >= 15 is 0 Å². The second-order valence-electron chi connectivity index (χ2n) is 8.53. The molecule has 0 fully saturated rings. The quantitative estimate of drug-likeness (QED) is 0.480. The molecule has 7 heteroatoms. The number of carbonyl (C=O) groups excluding carboxylic acids is 3. The third kappa shape index (κ3) is 4.12. The lowest BCUT2D eigenvalue weighted by atomic mass is 9.95. The van der Waals surface area contributed by atoms with Gasteiger partial charge < -0.3 is 15.5 Å². The largest absolute Gasteiger partial charge is 0.339 e. The van der Waals surface area contributed by atoms with Gasteiger partial charge in [0.1, 0.15) is 17.8 Å². The number of hydrogen-bond donors (Lipinski definition) is 2. The number of nitrogens with one attached hydrogen (secondary N) is 2. The summed E-state index contributed by atoms with van der Waals surface area (Å²) in [6.07, 6.45) is 0. The average molecular weight is 465 g/mol. The van der Waals surface area contributed by atoms with Gasteiger partial charge in [0.2, 0.25) is 5.91 Å². The van der Waals surface area contributed by atoms with Crippen molar-refractivity contribution in [3.8, 4) is 11.1 Å². The van der Waals surface area contributed by atoms with Crippen molar-refractivity contribution >= 4 is 34.3 Å². The van der Waals surface area contributed by atoms with Crippen LogP contribution in [0.4, 0.5) is 5.69 Å². The molecule has 0 saturated heterocycles. The van der Waals surface area contributed by atoms with Gasteiger partial charge in [-0.3, -0.25) is 14.4 Å². The summed E-state index contributed by atoms with van der Waals surface area (Å²) in [5, 5.41) is 6.47. The predicted molar refractivity (Wildman–Crippen MR) is 135 cm³/mol. The van der Waals surface area contributed by atoms with Crippen molar-refractivity contribution in [1.82, 2.24) is 15.6 Å². The molecule has 174 valence electrons. The van der Waals surface area contributed by atoms with E-state index in [4.69, 9.17) is 0 Å². The highest BCUT2D eigenvalue weighted by molar-refractivity contribution is 6.06. The van der Waals surface area contributed by atoms with E-state index in [1.165, 1.54) is 0 Å². The average Bonchev–Trinajstić information content (AvgIpc) is 2.98. The van der Waals surface area contributed by atoms with Crippen molar-refractivity contribution in [3.05, 3.63) is 96.2 Å². The van der Waals surface area contributed by atoms with Crippen molar-refractivity contribution in [2.45, 2.75) is 19.0 Å². The van der Waals surface area contributed by atoms with Crippen LogP contribution < -0.4 is 15.5 Å². The minimum atomic E-state index is -0.894. The van der Waals surface area contributed by atoms with E-state index in [0.29, 0.717) is 11.1 Å². The number of carbonyl (C=O) groups is 3. The van der Waals surface area contributed by atoms with Crippen LogP contribution in [0.3, 0.4) is 0 Å². The Kier molecular flexibility index (Phi) is 5.74. The highest BCUT2D eigenvalue weighted by atomic mass is 16.2. The maximum atomic E-state index is 13.4. The van der Waals surface area contributed by atoms with Gasteiger partial charge in [-0.25, -0.2) is 4.98 Å². The number of rotatable bonds is 4. The molecule has 0 spiro atoms. The van der Waals surface area contributed by atoms with E-state index in [1.807, 2.05) is 78.9 Å². The van der Waals surface area contributed by atoms with E-state index in [9.17, 15) is 14.4 Å². The molecule has 0 saturated carbocycles. The Labute approximate surface area is 202 Å². The number of hydrogen-bond acceptors (Lipinski definition) is 4. The summed E-state index contributed by atoms with van der Waals surface area (Å²) in [5.74, 6) is -1.19. The first-order chi connectivity index (χ1) is 16.9. The molecule has 5 rings (SSSR count). The van der Waals surface area contributed by atoms with Gasteiger partial charge >= 0.3 is 0 Å². The molecule has 1 aromatic heterocycles. The third-order valence-corrected chi connectivity index (χ3v) is 6.26. The van der Waals surface area contributed by atoms with Crippen LogP contribution in [0.25, 0.3) is 22.0 Å². The number of para-hydroxylation sites is 2. The molecule has 0 aliphatic carbocycles. The van der Waals surface area contributed by atoms with Crippen LogP contribution in [0.1, 0.15) is 29.0 Å². The van der Waals surface area contributed by atoms with Crippen molar-refractivity contribution in [2.24, 2.45) is 0 Å². The fourth-order valence-corrected chi connectivity index (χ4v) is 4.37. The fraction of sp³-hybridized carbons (Fsp3) is 0.143. The second-order valence-corrected chi connectivity index (χ2v) is 8.53. The third-order valence-electron chi connectivity index (χ3n) is 6.26. The van der Waals surface area contributed by atoms with E-state index in [2.05, 4.69) is 15.6 Å². The van der Waals surface area contributed by atoms with Gasteiger partial charge in [-0.1, -0.05) is 66.7 Å². The molecule has 3 amide bonds. The fourth-order valence-electron chi connectivity index (χ4n) is 4.37. The Bertz CT molecular complexity index is 1470. The number of pyridine rings is 1. The van der Waals surface area contributed by atoms with Crippen LogP contribution in [-0.4, -0.2) is 35.8 Å². The first-order valence-corrected chi connectivity index (χ1v) is 11.4. The molecule has 4 aromatic rings. The number of fused-ring (bicyclic) bond motifs is 4. The van der Waals surface area contributed by atoms with Crippen LogP contribution in [-0.2, 0) is 9.59 Å². The number of aromatic nitrogens is 1. The smallest absolute Gasteiger partial charge is 0.270 e. The van der Waals surface area contributed by atoms with Crippen LogP contribution in [0, 0.1) is 0 Å². The lowest BCUT2D eigenvalue weighted by Crippen LogP contribution is -2.49. The van der Waals surface area contributed by atoms with E-state index in [-0.39, 0.29) is 11.6 Å². The number of likely N-dealkylation sites (N-methyl/N-ethyl adjacent to an activating group) is 1. The highest BCUT2D eigenvalue weighted by Crippen LogP contribution is 2.39. The first-order valence-electron chi connectivity index (χ1n) is 11.4. The Balaban J connectivity index is 1.37. The molecule has 2 heterocycles. The monoisotopic (exact) mass is 464 g/mol. The van der Waals surface area contributed by atoms with Crippen LogP contribution in [0.5, 0.6) is 0 Å². The molecule has 1 unspecified atom stereocenters. The topological polar surface area (TPSA) is 91.4 Å². The van der Waals surface area contributed by atoms with E-state index in [0.717, 1.165) is 22.2 Å². The van der Waals surface area contributed by atoms with Crippen LogP contribution >= 0.6 is 0 Å². The molecule has 2 N–H and O–H groups in total. The number of amides is 3. The molecule has 3 aromatic carbocycles. The van der Waals surface area contributed by atoms with Crippen molar-refractivity contribution in [2.75, 3.05) is 11.9 Å². The summed E-state index contributed by atoms with van der Waals surface area (Å²) in [7, 11) is 1.70. The van der Waals surface area contributed by atoms with E-state index < -0.39 is 23.9 Å². The van der Waals surface area contributed by atoms with Crippen molar-refractivity contribution in [3.63, 3.8) is 0 Å². The van der Waals surface area contributed by atoms with Crippen molar-refractivity contribution < 1.29 is 14.4 Å². The Morgan fingerprint density at radius 1 is 0.886 bits per heavy atom. The lowest BCUT2D eigenvalue weighted by Gasteiger charge is -2.24. The van der Waals surface area contributed by atoms with Gasteiger partial charge in [0, 0.05) is 18.0 Å². The van der Waals surface area contributed by atoms with Gasteiger partial charge in [-0.05, 0) is 36.2 Å². The number of nitrogens with zero attached hydrogens (tertiary/aromatic N) is 2. The molecule has 2 atom stereocenters. The summed E-state index contributed by atoms with van der Waals surface area (Å²) in [5.41, 5.74) is 4.18. The normalized spacial score (nSPS) is 15.5. The number of anilines is 1. The van der Waals surface area contributed by atoms with Crippen LogP contribution in [0.15, 0.2) is 84.9 Å². The van der Waals surface area contributed by atoms with Crippen LogP contribution in [0.2, 0.25) is 0 Å². The molecule has 7 nitrogen and oxygen atoms in total.